The van der Waals surface area contributed by atoms with Crippen molar-refractivity contribution in [3.8, 4) is 0 Å². The smallest absolute Gasteiger partial charge is 0.123 e. The summed E-state index contributed by atoms with van der Waals surface area (Å²) >= 11 is 0. The molecule has 1 fully saturated rings. The molecule has 0 bridgehead atoms. The Hall–Kier alpha value is -1.01. The van der Waals surface area contributed by atoms with Crippen LogP contribution in [0.15, 0.2) is 18.2 Å². The summed E-state index contributed by atoms with van der Waals surface area (Å²) < 4.78 is 19.1. The third-order valence-electron chi connectivity index (χ3n) is 4.79. The summed E-state index contributed by atoms with van der Waals surface area (Å²) in [5.74, 6) is 5.64. The van der Waals surface area contributed by atoms with Crippen molar-refractivity contribution in [2.45, 2.75) is 38.8 Å². The normalized spacial score (nSPS) is 21.0. The first-order valence-electron chi connectivity index (χ1n) is 7.58. The van der Waals surface area contributed by atoms with Crippen LogP contribution in [0.1, 0.15) is 37.4 Å². The van der Waals surface area contributed by atoms with Crippen LogP contribution in [0, 0.1) is 12.7 Å². The number of hydrogen-bond donors (Lipinski definition) is 2. The maximum absolute atomic E-state index is 13.7. The Bertz CT molecular complexity index is 477. The van der Waals surface area contributed by atoms with E-state index in [0.29, 0.717) is 0 Å². The fraction of sp³-hybridized carbons (Fsp3) is 0.625. The van der Waals surface area contributed by atoms with Crippen molar-refractivity contribution < 1.29 is 9.13 Å². The molecule has 0 aliphatic carbocycles. The molecule has 0 amide bonds. The molecule has 2 atom stereocenters. The van der Waals surface area contributed by atoms with Gasteiger partial charge >= 0.3 is 0 Å². The zero-order chi connectivity index (χ0) is 15.5. The molecule has 1 aromatic rings. The van der Waals surface area contributed by atoms with E-state index in [1.54, 1.807) is 6.07 Å². The van der Waals surface area contributed by atoms with E-state index in [4.69, 9.17) is 10.6 Å². The molecule has 1 aliphatic heterocycles. The van der Waals surface area contributed by atoms with Crippen molar-refractivity contribution in [1.82, 2.24) is 10.3 Å². The molecule has 1 saturated heterocycles. The molecule has 4 nitrogen and oxygen atoms in total. The van der Waals surface area contributed by atoms with Gasteiger partial charge in [0.1, 0.15) is 5.82 Å². The Kier molecular flexibility index (Phi) is 5.32. The van der Waals surface area contributed by atoms with Crippen molar-refractivity contribution >= 4 is 0 Å². The van der Waals surface area contributed by atoms with Gasteiger partial charge in [0.2, 0.25) is 0 Å². The summed E-state index contributed by atoms with van der Waals surface area (Å²) in [5.41, 5.74) is 4.72. The topological polar surface area (TPSA) is 50.5 Å². The van der Waals surface area contributed by atoms with Crippen molar-refractivity contribution in [1.29, 1.82) is 0 Å². The van der Waals surface area contributed by atoms with Gasteiger partial charge in [-0.2, -0.15) is 0 Å². The van der Waals surface area contributed by atoms with Gasteiger partial charge in [0, 0.05) is 18.6 Å². The van der Waals surface area contributed by atoms with Crippen molar-refractivity contribution in [3.63, 3.8) is 0 Å². The molecular weight excluding hydrogens is 269 g/mol. The average Bonchev–Trinajstić information content (AvgIpc) is 2.52. The van der Waals surface area contributed by atoms with Crippen molar-refractivity contribution in [2.24, 2.45) is 5.84 Å². The molecule has 1 aliphatic rings. The maximum atomic E-state index is 13.7. The Balaban J connectivity index is 2.38. The number of nitrogens with zero attached hydrogens (tertiary/aromatic N) is 1. The van der Waals surface area contributed by atoms with Gasteiger partial charge < -0.3 is 4.74 Å². The van der Waals surface area contributed by atoms with Gasteiger partial charge in [-0.25, -0.2) is 4.39 Å². The molecule has 0 spiro atoms. The third kappa shape index (κ3) is 3.26. The van der Waals surface area contributed by atoms with Crippen LogP contribution in [0.25, 0.3) is 0 Å². The van der Waals surface area contributed by atoms with E-state index in [2.05, 4.69) is 24.2 Å². The van der Waals surface area contributed by atoms with Crippen molar-refractivity contribution in [3.05, 3.63) is 35.1 Å². The van der Waals surface area contributed by atoms with E-state index >= 15 is 0 Å². The van der Waals surface area contributed by atoms with Gasteiger partial charge in [0.05, 0.1) is 19.3 Å². The predicted molar refractivity (Wildman–Crippen MR) is 82.3 cm³/mol. The SMILES string of the molecule is CCC(C)(C(NN)c1cc(F)ccc1C)N1CCOCC1. The zero-order valence-corrected chi connectivity index (χ0v) is 13.2. The quantitative estimate of drug-likeness (QED) is 0.645. The highest BCUT2D eigenvalue weighted by Crippen LogP contribution is 2.35. The van der Waals surface area contributed by atoms with Gasteiger partial charge in [-0.3, -0.25) is 16.2 Å². The van der Waals surface area contributed by atoms with Gasteiger partial charge in [-0.05, 0) is 43.5 Å². The molecule has 1 heterocycles. The number of rotatable bonds is 5. The number of hydrogen-bond acceptors (Lipinski definition) is 4. The van der Waals surface area contributed by atoms with E-state index in [0.717, 1.165) is 43.9 Å². The van der Waals surface area contributed by atoms with Crippen LogP contribution in [0.4, 0.5) is 4.39 Å². The minimum absolute atomic E-state index is 0.128. The summed E-state index contributed by atoms with van der Waals surface area (Å²) in [7, 11) is 0. The number of aryl methyl sites for hydroxylation is 1. The molecule has 5 heteroatoms. The standard InChI is InChI=1S/C16H26FN3O/c1-4-16(3,20-7-9-21-10-8-20)15(19-18)14-11-13(17)6-5-12(14)2/h5-6,11,15,19H,4,7-10,18H2,1-3H3. The highest BCUT2D eigenvalue weighted by molar-refractivity contribution is 5.32. The predicted octanol–water partition coefficient (Wildman–Crippen LogP) is 2.14. The van der Waals surface area contributed by atoms with Gasteiger partial charge in [-0.15, -0.1) is 0 Å². The molecule has 2 unspecified atom stereocenters. The number of morpholine rings is 1. The third-order valence-corrected chi connectivity index (χ3v) is 4.79. The number of nitrogens with two attached hydrogens (primary N) is 1. The maximum Gasteiger partial charge on any atom is 0.123 e. The number of hydrazine groups is 1. The highest BCUT2D eigenvalue weighted by Gasteiger charge is 2.40. The Labute approximate surface area is 126 Å². The Morgan fingerprint density at radius 2 is 2.10 bits per heavy atom. The van der Waals surface area contributed by atoms with E-state index < -0.39 is 0 Å². The molecule has 1 aromatic carbocycles. The van der Waals surface area contributed by atoms with E-state index in [1.165, 1.54) is 6.07 Å². The first-order valence-corrected chi connectivity index (χ1v) is 7.58. The number of ether oxygens (including phenoxy) is 1. The van der Waals surface area contributed by atoms with Gasteiger partial charge in [-0.1, -0.05) is 13.0 Å². The van der Waals surface area contributed by atoms with Crippen LogP contribution in [0.3, 0.4) is 0 Å². The van der Waals surface area contributed by atoms with E-state index in [-0.39, 0.29) is 17.4 Å². The van der Waals surface area contributed by atoms with Crippen molar-refractivity contribution in [2.75, 3.05) is 26.3 Å². The number of nitrogens with one attached hydrogen (secondary N) is 1. The molecule has 3 N–H and O–H groups in total. The van der Waals surface area contributed by atoms with Gasteiger partial charge in [0.15, 0.2) is 0 Å². The minimum Gasteiger partial charge on any atom is -0.379 e. The highest BCUT2D eigenvalue weighted by atomic mass is 19.1. The Morgan fingerprint density at radius 3 is 2.67 bits per heavy atom. The van der Waals surface area contributed by atoms with Gasteiger partial charge in [0.25, 0.3) is 0 Å². The lowest BCUT2D eigenvalue weighted by atomic mass is 9.81. The lowest BCUT2D eigenvalue weighted by Gasteiger charge is -2.48. The first kappa shape index (κ1) is 16.4. The lowest BCUT2D eigenvalue weighted by molar-refractivity contribution is -0.0330. The lowest BCUT2D eigenvalue weighted by Crippen LogP contribution is -2.58. The van der Waals surface area contributed by atoms with Crippen LogP contribution in [-0.2, 0) is 4.74 Å². The molecular formula is C16H26FN3O. The second-order valence-electron chi connectivity index (χ2n) is 5.91. The fourth-order valence-corrected chi connectivity index (χ4v) is 3.21. The van der Waals surface area contributed by atoms with Crippen LogP contribution in [0.2, 0.25) is 0 Å². The van der Waals surface area contributed by atoms with E-state index in [9.17, 15) is 4.39 Å². The number of benzene rings is 1. The molecule has 2 rings (SSSR count). The van der Waals surface area contributed by atoms with Crippen LogP contribution in [0.5, 0.6) is 0 Å². The summed E-state index contributed by atoms with van der Waals surface area (Å²) in [5, 5.41) is 0. The fourth-order valence-electron chi connectivity index (χ4n) is 3.21. The average molecular weight is 295 g/mol. The largest absolute Gasteiger partial charge is 0.379 e. The van der Waals surface area contributed by atoms with Crippen LogP contribution >= 0.6 is 0 Å². The van der Waals surface area contributed by atoms with Crippen LogP contribution in [-0.4, -0.2) is 36.7 Å². The first-order chi connectivity index (χ1) is 10.0. The molecule has 118 valence electrons. The summed E-state index contributed by atoms with van der Waals surface area (Å²) in [6.07, 6.45) is 0.915. The molecule has 21 heavy (non-hydrogen) atoms. The monoisotopic (exact) mass is 295 g/mol. The van der Waals surface area contributed by atoms with Crippen LogP contribution < -0.4 is 11.3 Å². The second-order valence-corrected chi connectivity index (χ2v) is 5.91. The summed E-state index contributed by atoms with van der Waals surface area (Å²) in [6, 6.07) is 4.76. The minimum atomic E-state index is -0.226. The zero-order valence-electron chi connectivity index (χ0n) is 13.2. The molecule has 0 saturated carbocycles. The second kappa shape index (κ2) is 6.83. The summed E-state index contributed by atoms with van der Waals surface area (Å²) in [6.45, 7) is 9.54. The molecule has 0 aromatic heterocycles. The van der Waals surface area contributed by atoms with E-state index in [1.807, 2.05) is 13.0 Å². The Morgan fingerprint density at radius 1 is 1.43 bits per heavy atom. The molecule has 0 radical (unpaired) electrons. The number of halogens is 1. The summed E-state index contributed by atoms with van der Waals surface area (Å²) in [4.78, 5) is 2.39.